The highest BCUT2D eigenvalue weighted by atomic mass is 35.5. The number of nitrogens with zero attached hydrogens (tertiary/aromatic N) is 4. The molecule has 0 aliphatic heterocycles. The van der Waals surface area contributed by atoms with E-state index in [2.05, 4.69) is 34.6 Å². The van der Waals surface area contributed by atoms with Gasteiger partial charge in [0, 0.05) is 19.2 Å². The van der Waals surface area contributed by atoms with Gasteiger partial charge in [-0.05, 0) is 56.3 Å². The Morgan fingerprint density at radius 2 is 2.00 bits per heavy atom. The van der Waals surface area contributed by atoms with Gasteiger partial charge in [0.15, 0.2) is 17.8 Å². The summed E-state index contributed by atoms with van der Waals surface area (Å²) in [4.78, 5) is 4.70. The molecule has 7 nitrogen and oxygen atoms in total. The SMILES string of the molecule is CCNCc1ccc2nc(C)c3nnc(-c4cc(OC(C)OC)ccc4Cl)n3c2c1. The van der Waals surface area contributed by atoms with E-state index in [1.807, 2.05) is 36.4 Å². The topological polar surface area (TPSA) is 73.6 Å². The van der Waals surface area contributed by atoms with Gasteiger partial charge in [-0.1, -0.05) is 24.6 Å². The molecule has 1 atom stereocenters. The lowest BCUT2D eigenvalue weighted by Gasteiger charge is -2.14. The van der Waals surface area contributed by atoms with Crippen LogP contribution in [0.2, 0.25) is 5.02 Å². The number of nitrogens with one attached hydrogen (secondary N) is 1. The van der Waals surface area contributed by atoms with E-state index >= 15 is 0 Å². The number of benzene rings is 2. The minimum Gasteiger partial charge on any atom is -0.465 e. The molecule has 2 heterocycles. The van der Waals surface area contributed by atoms with E-state index in [0.717, 1.165) is 40.9 Å². The van der Waals surface area contributed by atoms with Crippen molar-refractivity contribution < 1.29 is 9.47 Å². The standard InChI is InChI=1S/C22H24ClN5O2/c1-5-24-12-15-6-9-19-20(10-15)28-21(13(2)25-19)26-27-22(28)17-11-16(7-8-18(17)23)30-14(3)29-4/h6-11,14,24H,5,12H2,1-4H3. The normalized spacial score (nSPS) is 12.6. The molecule has 0 spiro atoms. The molecule has 1 N–H and O–H groups in total. The number of aryl methyl sites for hydroxylation is 1. The fourth-order valence-corrected chi connectivity index (χ4v) is 3.56. The second kappa shape index (κ2) is 8.55. The van der Waals surface area contributed by atoms with Crippen LogP contribution < -0.4 is 10.1 Å². The monoisotopic (exact) mass is 425 g/mol. The van der Waals surface area contributed by atoms with Crippen LogP contribution in [0.3, 0.4) is 0 Å². The summed E-state index contributed by atoms with van der Waals surface area (Å²) in [5.41, 5.74) is 5.20. The van der Waals surface area contributed by atoms with E-state index in [9.17, 15) is 0 Å². The maximum Gasteiger partial charge on any atom is 0.196 e. The van der Waals surface area contributed by atoms with Crippen LogP contribution in [0.15, 0.2) is 36.4 Å². The molecule has 2 aromatic carbocycles. The second-order valence-electron chi connectivity index (χ2n) is 7.05. The van der Waals surface area contributed by atoms with Gasteiger partial charge in [0.2, 0.25) is 0 Å². The Balaban J connectivity index is 1.92. The van der Waals surface area contributed by atoms with E-state index in [1.54, 1.807) is 13.2 Å². The molecular formula is C22H24ClN5O2. The molecule has 156 valence electrons. The summed E-state index contributed by atoms with van der Waals surface area (Å²) in [7, 11) is 1.60. The molecule has 0 aliphatic carbocycles. The Morgan fingerprint density at radius 3 is 2.77 bits per heavy atom. The molecule has 0 aliphatic rings. The minimum absolute atomic E-state index is 0.380. The predicted molar refractivity (Wildman–Crippen MR) is 118 cm³/mol. The lowest BCUT2D eigenvalue weighted by atomic mass is 10.1. The Kier molecular flexibility index (Phi) is 5.85. The summed E-state index contributed by atoms with van der Waals surface area (Å²) < 4.78 is 13.0. The van der Waals surface area contributed by atoms with Crippen LogP contribution in [-0.2, 0) is 11.3 Å². The van der Waals surface area contributed by atoms with Crippen molar-refractivity contribution in [3.63, 3.8) is 0 Å². The molecule has 8 heteroatoms. The third kappa shape index (κ3) is 3.84. The van der Waals surface area contributed by atoms with Crippen molar-refractivity contribution >= 4 is 28.3 Å². The van der Waals surface area contributed by atoms with Gasteiger partial charge in [-0.15, -0.1) is 10.2 Å². The van der Waals surface area contributed by atoms with Crippen LogP contribution in [-0.4, -0.2) is 39.5 Å². The summed E-state index contributed by atoms with van der Waals surface area (Å²) in [6.45, 7) is 7.53. The lowest BCUT2D eigenvalue weighted by Crippen LogP contribution is -2.13. The van der Waals surface area contributed by atoms with Gasteiger partial charge < -0.3 is 14.8 Å². The van der Waals surface area contributed by atoms with Crippen LogP contribution in [0.1, 0.15) is 25.1 Å². The maximum atomic E-state index is 6.56. The fraction of sp³-hybridized carbons (Fsp3) is 0.318. The zero-order chi connectivity index (χ0) is 21.3. The number of methoxy groups -OCH3 is 1. The quantitative estimate of drug-likeness (QED) is 0.443. The second-order valence-corrected chi connectivity index (χ2v) is 7.45. The van der Waals surface area contributed by atoms with E-state index in [4.69, 9.17) is 26.1 Å². The average molecular weight is 426 g/mol. The lowest BCUT2D eigenvalue weighted by molar-refractivity contribution is -0.0382. The third-order valence-electron chi connectivity index (χ3n) is 4.95. The van der Waals surface area contributed by atoms with Crippen LogP contribution in [0.5, 0.6) is 5.75 Å². The van der Waals surface area contributed by atoms with Crippen LogP contribution in [0, 0.1) is 6.92 Å². The number of halogens is 1. The zero-order valence-corrected chi connectivity index (χ0v) is 18.2. The zero-order valence-electron chi connectivity index (χ0n) is 17.4. The van der Waals surface area contributed by atoms with Gasteiger partial charge in [-0.3, -0.25) is 4.40 Å². The molecule has 0 radical (unpaired) electrons. The summed E-state index contributed by atoms with van der Waals surface area (Å²) in [5.74, 6) is 1.28. The molecule has 0 bridgehead atoms. The average Bonchev–Trinajstić information content (AvgIpc) is 3.19. The molecule has 4 rings (SSSR count). The highest BCUT2D eigenvalue weighted by Gasteiger charge is 2.18. The first kappa shape index (κ1) is 20.5. The molecule has 0 saturated heterocycles. The molecule has 30 heavy (non-hydrogen) atoms. The number of hydrogen-bond acceptors (Lipinski definition) is 6. The summed E-state index contributed by atoms with van der Waals surface area (Å²) in [5, 5.41) is 12.8. The molecule has 1 unspecified atom stereocenters. The Morgan fingerprint density at radius 1 is 1.17 bits per heavy atom. The molecule has 2 aromatic heterocycles. The van der Waals surface area contributed by atoms with Gasteiger partial charge >= 0.3 is 0 Å². The number of rotatable bonds is 7. The van der Waals surface area contributed by atoms with Crippen molar-refractivity contribution in [2.45, 2.75) is 33.6 Å². The van der Waals surface area contributed by atoms with Crippen molar-refractivity contribution in [3.05, 3.63) is 52.7 Å². The summed E-state index contributed by atoms with van der Waals surface area (Å²) in [6.07, 6.45) is -0.380. The van der Waals surface area contributed by atoms with Crippen LogP contribution >= 0.6 is 11.6 Å². The van der Waals surface area contributed by atoms with Crippen molar-refractivity contribution in [2.75, 3.05) is 13.7 Å². The number of aromatic nitrogens is 4. The first-order chi connectivity index (χ1) is 14.5. The van der Waals surface area contributed by atoms with Gasteiger partial charge in [-0.25, -0.2) is 4.98 Å². The van der Waals surface area contributed by atoms with Gasteiger partial charge in [0.05, 0.1) is 21.7 Å². The molecule has 0 amide bonds. The van der Waals surface area contributed by atoms with E-state index < -0.39 is 0 Å². The first-order valence-corrected chi connectivity index (χ1v) is 10.2. The van der Waals surface area contributed by atoms with Crippen molar-refractivity contribution in [3.8, 4) is 17.1 Å². The van der Waals surface area contributed by atoms with Crippen molar-refractivity contribution in [1.82, 2.24) is 24.9 Å². The highest BCUT2D eigenvalue weighted by molar-refractivity contribution is 6.33. The molecule has 0 fully saturated rings. The third-order valence-corrected chi connectivity index (χ3v) is 5.28. The summed E-state index contributed by atoms with van der Waals surface area (Å²) in [6, 6.07) is 11.7. The van der Waals surface area contributed by atoms with Gasteiger partial charge in [0.25, 0.3) is 0 Å². The maximum absolute atomic E-state index is 6.56. The van der Waals surface area contributed by atoms with Crippen LogP contribution in [0.25, 0.3) is 28.1 Å². The Labute approximate surface area is 180 Å². The smallest absolute Gasteiger partial charge is 0.196 e. The van der Waals surface area contributed by atoms with E-state index in [0.29, 0.717) is 22.2 Å². The van der Waals surface area contributed by atoms with Gasteiger partial charge in [-0.2, -0.15) is 0 Å². The fourth-order valence-electron chi connectivity index (χ4n) is 3.36. The number of hydrogen-bond donors (Lipinski definition) is 1. The van der Waals surface area contributed by atoms with E-state index in [1.165, 1.54) is 0 Å². The van der Waals surface area contributed by atoms with Gasteiger partial charge in [0.1, 0.15) is 5.75 Å². The first-order valence-electron chi connectivity index (χ1n) is 9.86. The largest absolute Gasteiger partial charge is 0.465 e. The molecule has 4 aromatic rings. The number of ether oxygens (including phenoxy) is 2. The predicted octanol–water partition coefficient (Wildman–Crippen LogP) is 4.39. The number of fused-ring (bicyclic) bond motifs is 3. The Hall–Kier alpha value is -2.74. The summed E-state index contributed by atoms with van der Waals surface area (Å²) >= 11 is 6.56. The van der Waals surface area contributed by atoms with Crippen molar-refractivity contribution in [2.24, 2.45) is 0 Å². The minimum atomic E-state index is -0.380. The highest BCUT2D eigenvalue weighted by Crippen LogP contribution is 2.33. The Bertz CT molecular complexity index is 1210. The van der Waals surface area contributed by atoms with E-state index in [-0.39, 0.29) is 6.29 Å². The molecule has 0 saturated carbocycles. The van der Waals surface area contributed by atoms with Crippen LogP contribution in [0.4, 0.5) is 0 Å². The van der Waals surface area contributed by atoms with Crippen molar-refractivity contribution in [1.29, 1.82) is 0 Å². The molecular weight excluding hydrogens is 402 g/mol.